The molecule has 10 aromatic heterocycles. The van der Waals surface area contributed by atoms with Crippen molar-refractivity contribution in [3.8, 4) is 0 Å². The summed E-state index contributed by atoms with van der Waals surface area (Å²) in [5.74, 6) is 0. The molecule has 0 spiro atoms. The maximum Gasteiger partial charge on any atom is 0.147 e. The van der Waals surface area contributed by atoms with Gasteiger partial charge in [0.05, 0.1) is 82.8 Å². The van der Waals surface area contributed by atoms with Crippen LogP contribution < -0.4 is 0 Å². The topological polar surface area (TPSA) is 86.5 Å². The number of benzene rings is 25. The van der Waals surface area contributed by atoms with E-state index in [0.717, 1.165) is 83.4 Å². The van der Waals surface area contributed by atoms with E-state index in [9.17, 15) is 0 Å². The third kappa shape index (κ3) is 12.2. The molecule has 0 atom stereocenters. The van der Waals surface area contributed by atoms with Crippen molar-refractivity contribution >= 4 is 300 Å². The highest BCUT2D eigenvalue weighted by Gasteiger charge is 2.25. The monoisotopic (exact) mass is 1840 g/mol. The maximum atomic E-state index is 5.11. The zero-order valence-electron chi connectivity index (χ0n) is 78.2. The molecule has 0 bridgehead atoms. The van der Waals surface area contributed by atoms with Gasteiger partial charge in [0.2, 0.25) is 0 Å². The van der Waals surface area contributed by atoms with Gasteiger partial charge in [-0.3, -0.25) is 22.0 Å². The molecular formula is C135H80N10. The molecule has 0 fully saturated rings. The quantitative estimate of drug-likeness (QED) is 0.112. The summed E-state index contributed by atoms with van der Waals surface area (Å²) >= 11 is 0. The Hall–Kier alpha value is -19.6. The first-order valence-corrected chi connectivity index (χ1v) is 49.6. The normalized spacial score (nSPS) is 12.1. The molecule has 0 aliphatic carbocycles. The van der Waals surface area contributed by atoms with Crippen LogP contribution in [0.15, 0.2) is 485 Å². The number of aromatic nitrogens is 10. The van der Waals surface area contributed by atoms with Crippen LogP contribution in [0.5, 0.6) is 0 Å². The molecule has 0 saturated heterocycles. The Balaban J connectivity index is 0.0000000825. The number of imidazole rings is 5. The fourth-order valence-corrected chi connectivity index (χ4v) is 24.1. The van der Waals surface area contributed by atoms with E-state index < -0.39 is 0 Å². The fourth-order valence-electron chi connectivity index (χ4n) is 24.1. The Morgan fingerprint density at radius 1 is 0.110 bits per heavy atom. The lowest BCUT2D eigenvalue weighted by molar-refractivity contribution is 1.32. The molecule has 10 heteroatoms. The van der Waals surface area contributed by atoms with E-state index in [2.05, 4.69) is 507 Å². The zero-order chi connectivity index (χ0) is 94.7. The minimum atomic E-state index is 1.02. The van der Waals surface area contributed by atoms with Crippen LogP contribution in [0.2, 0.25) is 0 Å². The molecule has 35 aromatic rings. The van der Waals surface area contributed by atoms with Crippen molar-refractivity contribution in [3.05, 3.63) is 485 Å². The molecule has 0 saturated carbocycles. The predicted octanol–water partition coefficient (Wildman–Crippen LogP) is 35.5. The van der Waals surface area contributed by atoms with Crippen LogP contribution in [0.4, 0.5) is 0 Å². The van der Waals surface area contributed by atoms with Crippen molar-refractivity contribution in [2.75, 3.05) is 0 Å². The molecule has 0 aliphatic heterocycles. The van der Waals surface area contributed by atoms with Gasteiger partial charge in [0.25, 0.3) is 0 Å². The van der Waals surface area contributed by atoms with E-state index >= 15 is 0 Å². The van der Waals surface area contributed by atoms with Gasteiger partial charge in [-0.1, -0.05) is 370 Å². The van der Waals surface area contributed by atoms with E-state index in [1.165, 1.54) is 216 Å². The summed E-state index contributed by atoms with van der Waals surface area (Å²) in [4.78, 5) is 25.4. The molecule has 10 heterocycles. The lowest BCUT2D eigenvalue weighted by Crippen LogP contribution is -1.93. The molecule has 0 unspecified atom stereocenters. The van der Waals surface area contributed by atoms with Gasteiger partial charge < -0.3 is 0 Å². The van der Waals surface area contributed by atoms with Gasteiger partial charge >= 0.3 is 0 Å². The summed E-state index contributed by atoms with van der Waals surface area (Å²) in [6.45, 7) is 0. The van der Waals surface area contributed by atoms with Gasteiger partial charge in [-0.05, 0) is 239 Å². The lowest BCUT2D eigenvalue weighted by Gasteiger charge is -2.13. The molecule has 0 aliphatic rings. The van der Waals surface area contributed by atoms with Crippen molar-refractivity contribution in [2.45, 2.75) is 0 Å². The SMILES string of the molecule is c1ccc2c(c1)ccc1c2c2ccc3ccccc3c2c2nc3ccccc3n12.c1ccc2c(c1)ccc1c3ccc4ccccc4c3n3c4ccccc4nc3c21.c1ccc2cc3c(cc2c1)c1cc2ccccc2cc1n1c2ccccc2nc31.c1ccc2cc3c(cc2c1)c1ccc2ccccc2c1c1nc2ccccc2n31.c1ccc2cc3c(cc2c1)c1ccc2ccccc2c1n1c2ccccc2nc31. The van der Waals surface area contributed by atoms with Gasteiger partial charge in [-0.2, -0.15) is 0 Å². The van der Waals surface area contributed by atoms with Crippen LogP contribution in [0.3, 0.4) is 0 Å². The molecule has 0 amide bonds. The van der Waals surface area contributed by atoms with E-state index in [-0.39, 0.29) is 0 Å². The van der Waals surface area contributed by atoms with E-state index in [0.29, 0.717) is 0 Å². The Morgan fingerprint density at radius 3 is 0.724 bits per heavy atom. The highest BCUT2D eigenvalue weighted by atomic mass is 15.1. The minimum Gasteiger partial charge on any atom is -0.292 e. The second-order valence-electron chi connectivity index (χ2n) is 38.4. The number of pyridine rings is 5. The average Bonchev–Trinajstić information content (AvgIpc) is 1.69. The first-order chi connectivity index (χ1) is 71.9. The van der Waals surface area contributed by atoms with Crippen molar-refractivity contribution in [3.63, 3.8) is 0 Å². The van der Waals surface area contributed by atoms with Crippen molar-refractivity contribution < 1.29 is 0 Å². The van der Waals surface area contributed by atoms with E-state index in [4.69, 9.17) is 24.9 Å². The standard InChI is InChI=1S/5C27H16N2/c1-3-9-19-18(8-1)14-16-24-25(19)21-15-13-17-7-2-4-10-20(17)26(21)27-28-22-11-5-6-12-23(22)29(24)27;1-3-9-19-17(7-1)13-15-21-22-16-14-18-8-2-4-10-20(18)26(22)29-24-12-6-5-11-23(24)28-27(29)25(19)21;1-2-9-19-16-23-22(15-18(19)8-1)21-14-13-17-7-3-4-10-20(17)26(21)29-25-12-6-5-11-24(25)28-27(23)29;1-2-9-19-16-25-22(15-18(19)8-1)21-14-13-17-7-3-4-10-20(17)26(21)27-28-23-11-5-6-12-24(23)29(25)27;1-2-9-19-15-23-21(13-17(19)7-1)22-14-18-8-3-4-10-20(18)16-26(22)29-25-12-6-5-11-24(25)28-27(23)29/h5*1-16H. The van der Waals surface area contributed by atoms with Crippen molar-refractivity contribution in [2.24, 2.45) is 0 Å². The van der Waals surface area contributed by atoms with Gasteiger partial charge in [-0.25, -0.2) is 24.9 Å². The Morgan fingerprint density at radius 2 is 0.331 bits per heavy atom. The average molecular weight is 1840 g/mol. The first kappa shape index (κ1) is 80.4. The minimum absolute atomic E-state index is 1.02. The van der Waals surface area contributed by atoms with E-state index in [1.54, 1.807) is 0 Å². The van der Waals surface area contributed by atoms with E-state index in [1.807, 2.05) is 0 Å². The van der Waals surface area contributed by atoms with Gasteiger partial charge in [0.15, 0.2) is 0 Å². The van der Waals surface area contributed by atoms with Crippen LogP contribution in [-0.2, 0) is 0 Å². The zero-order valence-corrected chi connectivity index (χ0v) is 78.2. The van der Waals surface area contributed by atoms with Crippen LogP contribution >= 0.6 is 0 Å². The third-order valence-corrected chi connectivity index (χ3v) is 30.6. The molecule has 25 aromatic carbocycles. The third-order valence-electron chi connectivity index (χ3n) is 30.6. The fraction of sp³-hybridized carbons (Fsp3) is 0. The first-order valence-electron chi connectivity index (χ1n) is 49.6. The molecule has 670 valence electrons. The number of hydrogen-bond acceptors (Lipinski definition) is 5. The highest BCUT2D eigenvalue weighted by molar-refractivity contribution is 6.32. The van der Waals surface area contributed by atoms with Crippen LogP contribution in [-0.4, -0.2) is 46.9 Å². The summed E-state index contributed by atoms with van der Waals surface area (Å²) in [5.41, 5.74) is 22.1. The second kappa shape index (κ2) is 31.5. The van der Waals surface area contributed by atoms with Crippen molar-refractivity contribution in [1.82, 2.24) is 46.9 Å². The predicted molar refractivity (Wildman–Crippen MR) is 614 cm³/mol. The van der Waals surface area contributed by atoms with Crippen LogP contribution in [0, 0.1) is 0 Å². The molecular weight excluding hydrogens is 1760 g/mol. The Kier molecular flexibility index (Phi) is 17.5. The lowest BCUT2D eigenvalue weighted by atomic mass is 9.96. The summed E-state index contributed by atoms with van der Waals surface area (Å²) in [6.07, 6.45) is 0. The molecule has 145 heavy (non-hydrogen) atoms. The smallest absolute Gasteiger partial charge is 0.147 e. The maximum absolute atomic E-state index is 5.11. The number of para-hydroxylation sites is 10. The number of rotatable bonds is 0. The number of nitrogens with zero attached hydrogens (tertiary/aromatic N) is 10. The Bertz CT molecular complexity index is 11400. The van der Waals surface area contributed by atoms with Gasteiger partial charge in [-0.15, -0.1) is 0 Å². The van der Waals surface area contributed by atoms with Crippen LogP contribution in [0.1, 0.15) is 0 Å². The number of fused-ring (bicyclic) bond motifs is 56. The van der Waals surface area contributed by atoms with Crippen LogP contribution in [0.25, 0.3) is 300 Å². The number of hydrogen-bond donors (Lipinski definition) is 0. The highest BCUT2D eigenvalue weighted by Crippen LogP contribution is 2.47. The van der Waals surface area contributed by atoms with Gasteiger partial charge in [0.1, 0.15) is 28.2 Å². The summed E-state index contributed by atoms with van der Waals surface area (Å²) < 4.78 is 11.7. The molecule has 0 radical (unpaired) electrons. The second-order valence-corrected chi connectivity index (χ2v) is 38.4. The largest absolute Gasteiger partial charge is 0.292 e. The Labute approximate surface area is 825 Å². The summed E-state index contributed by atoms with van der Waals surface area (Å²) in [6, 6.07) is 174. The molecule has 0 N–H and O–H groups in total. The summed E-state index contributed by atoms with van der Waals surface area (Å²) in [7, 11) is 0. The molecule has 10 nitrogen and oxygen atoms in total. The van der Waals surface area contributed by atoms with Crippen molar-refractivity contribution in [1.29, 1.82) is 0 Å². The molecule has 35 rings (SSSR count). The van der Waals surface area contributed by atoms with Gasteiger partial charge in [0, 0.05) is 64.6 Å². The summed E-state index contributed by atoms with van der Waals surface area (Å²) in [5, 5.41) is 43.8.